The Morgan fingerprint density at radius 3 is 2.78 bits per heavy atom. The maximum Gasteiger partial charge on any atom is 0.233 e. The van der Waals surface area contributed by atoms with Crippen LogP contribution in [0.15, 0.2) is 28.9 Å². The normalized spacial score (nSPS) is 18.7. The fourth-order valence-corrected chi connectivity index (χ4v) is 2.10. The van der Waals surface area contributed by atoms with E-state index < -0.39 is 0 Å². The van der Waals surface area contributed by atoms with Crippen LogP contribution in [-0.4, -0.2) is 28.3 Å². The van der Waals surface area contributed by atoms with Crippen molar-refractivity contribution in [2.24, 2.45) is 0 Å². The van der Waals surface area contributed by atoms with Crippen molar-refractivity contribution < 1.29 is 9.26 Å². The molecule has 0 N–H and O–H groups in total. The van der Waals surface area contributed by atoms with Gasteiger partial charge in [0.15, 0.2) is 0 Å². The summed E-state index contributed by atoms with van der Waals surface area (Å²) in [6, 6.07) is 5.65. The molecule has 0 radical (unpaired) electrons. The molecule has 2 aromatic rings. The van der Waals surface area contributed by atoms with Crippen LogP contribution in [0, 0.1) is 0 Å². The number of rotatable bonds is 2. The van der Waals surface area contributed by atoms with Gasteiger partial charge in [-0.1, -0.05) is 18.1 Å². The highest BCUT2D eigenvalue weighted by Gasteiger charge is 2.35. The van der Waals surface area contributed by atoms with Gasteiger partial charge in [-0.15, -0.1) is 0 Å². The maximum atomic E-state index is 5.40. The molecule has 94 valence electrons. The van der Waals surface area contributed by atoms with Gasteiger partial charge in [0.1, 0.15) is 5.69 Å². The number of hydrogen-bond donors (Lipinski definition) is 0. The highest BCUT2D eigenvalue weighted by atomic mass is 16.5. The van der Waals surface area contributed by atoms with Crippen molar-refractivity contribution in [2.45, 2.75) is 25.2 Å². The summed E-state index contributed by atoms with van der Waals surface area (Å²) in [6.07, 6.45) is 3.55. The summed E-state index contributed by atoms with van der Waals surface area (Å²) in [7, 11) is 0. The smallest absolute Gasteiger partial charge is 0.233 e. The average Bonchev–Trinajstić information content (AvgIpc) is 2.91. The molecular formula is C13H15N3O2. The summed E-state index contributed by atoms with van der Waals surface area (Å²) < 4.78 is 10.8. The van der Waals surface area contributed by atoms with E-state index in [2.05, 4.69) is 22.0 Å². The topological polar surface area (TPSA) is 61.0 Å². The molecular weight excluding hydrogens is 230 g/mol. The molecule has 0 aliphatic carbocycles. The highest BCUT2D eigenvalue weighted by Crippen LogP contribution is 2.33. The van der Waals surface area contributed by atoms with Crippen LogP contribution < -0.4 is 0 Å². The second-order valence-electron chi connectivity index (χ2n) is 4.81. The number of pyridine rings is 1. The van der Waals surface area contributed by atoms with E-state index in [9.17, 15) is 0 Å². The molecule has 0 aromatic carbocycles. The van der Waals surface area contributed by atoms with Crippen molar-refractivity contribution >= 4 is 0 Å². The molecule has 1 fully saturated rings. The number of hydrogen-bond acceptors (Lipinski definition) is 5. The summed E-state index contributed by atoms with van der Waals surface area (Å²) >= 11 is 0. The third-order valence-electron chi connectivity index (χ3n) is 3.43. The molecule has 0 unspecified atom stereocenters. The van der Waals surface area contributed by atoms with E-state index in [0.717, 1.165) is 31.7 Å². The van der Waals surface area contributed by atoms with Crippen LogP contribution in [-0.2, 0) is 10.2 Å². The van der Waals surface area contributed by atoms with Crippen molar-refractivity contribution in [3.8, 4) is 11.5 Å². The SMILES string of the molecule is CC1(c2nc(-c3ccccn3)no2)CCOCC1. The Morgan fingerprint density at radius 2 is 2.06 bits per heavy atom. The van der Waals surface area contributed by atoms with E-state index >= 15 is 0 Å². The van der Waals surface area contributed by atoms with Crippen LogP contribution >= 0.6 is 0 Å². The first-order valence-corrected chi connectivity index (χ1v) is 6.11. The van der Waals surface area contributed by atoms with Crippen molar-refractivity contribution in [1.29, 1.82) is 0 Å². The quantitative estimate of drug-likeness (QED) is 0.811. The Kier molecular flexibility index (Phi) is 2.83. The van der Waals surface area contributed by atoms with Crippen LogP contribution in [0.4, 0.5) is 0 Å². The first-order chi connectivity index (χ1) is 8.78. The molecule has 0 spiro atoms. The van der Waals surface area contributed by atoms with E-state index in [1.54, 1.807) is 6.20 Å². The van der Waals surface area contributed by atoms with Gasteiger partial charge >= 0.3 is 0 Å². The Bertz CT molecular complexity index is 518. The molecule has 5 heteroatoms. The van der Waals surface area contributed by atoms with Gasteiger partial charge in [0.05, 0.1) is 5.41 Å². The third kappa shape index (κ3) is 2.01. The molecule has 5 nitrogen and oxygen atoms in total. The molecule has 0 amide bonds. The van der Waals surface area contributed by atoms with Gasteiger partial charge in [0, 0.05) is 19.4 Å². The standard InChI is InChI=1S/C13H15N3O2/c1-13(5-8-17-9-6-13)12-15-11(16-18-12)10-4-2-3-7-14-10/h2-4,7H,5-6,8-9H2,1H3. The van der Waals surface area contributed by atoms with E-state index in [4.69, 9.17) is 9.26 Å². The molecule has 0 bridgehead atoms. The second kappa shape index (κ2) is 4.49. The fraction of sp³-hybridized carbons (Fsp3) is 0.462. The van der Waals surface area contributed by atoms with Gasteiger partial charge in [0.25, 0.3) is 0 Å². The molecule has 2 aromatic heterocycles. The third-order valence-corrected chi connectivity index (χ3v) is 3.43. The van der Waals surface area contributed by atoms with Crippen molar-refractivity contribution in [3.63, 3.8) is 0 Å². The van der Waals surface area contributed by atoms with Crippen LogP contribution in [0.25, 0.3) is 11.5 Å². The van der Waals surface area contributed by atoms with Crippen LogP contribution in [0.3, 0.4) is 0 Å². The molecule has 1 aliphatic heterocycles. The summed E-state index contributed by atoms with van der Waals surface area (Å²) in [4.78, 5) is 8.70. The Morgan fingerprint density at radius 1 is 1.22 bits per heavy atom. The molecule has 0 saturated carbocycles. The van der Waals surface area contributed by atoms with E-state index in [0.29, 0.717) is 11.7 Å². The monoisotopic (exact) mass is 245 g/mol. The first kappa shape index (κ1) is 11.3. The van der Waals surface area contributed by atoms with Crippen molar-refractivity contribution in [1.82, 2.24) is 15.1 Å². The number of aromatic nitrogens is 3. The first-order valence-electron chi connectivity index (χ1n) is 6.11. The van der Waals surface area contributed by atoms with Crippen LogP contribution in [0.5, 0.6) is 0 Å². The van der Waals surface area contributed by atoms with Gasteiger partial charge in [-0.05, 0) is 25.0 Å². The van der Waals surface area contributed by atoms with Crippen molar-refractivity contribution in [3.05, 3.63) is 30.3 Å². The zero-order valence-electron chi connectivity index (χ0n) is 10.3. The predicted octanol–water partition coefficient (Wildman–Crippen LogP) is 2.20. The fourth-order valence-electron chi connectivity index (χ4n) is 2.10. The minimum Gasteiger partial charge on any atom is -0.381 e. The average molecular weight is 245 g/mol. The lowest BCUT2D eigenvalue weighted by molar-refractivity contribution is 0.0447. The van der Waals surface area contributed by atoms with Crippen molar-refractivity contribution in [2.75, 3.05) is 13.2 Å². The highest BCUT2D eigenvalue weighted by molar-refractivity contribution is 5.47. The lowest BCUT2D eigenvalue weighted by Crippen LogP contribution is -2.30. The molecule has 3 rings (SSSR count). The predicted molar refractivity (Wildman–Crippen MR) is 64.9 cm³/mol. The minimum absolute atomic E-state index is 0.0712. The molecule has 0 atom stereocenters. The molecule has 3 heterocycles. The van der Waals surface area contributed by atoms with Crippen LogP contribution in [0.2, 0.25) is 0 Å². The molecule has 1 aliphatic rings. The summed E-state index contributed by atoms with van der Waals surface area (Å²) in [5, 5.41) is 4.02. The Labute approximate surface area is 105 Å². The van der Waals surface area contributed by atoms with Gasteiger partial charge in [-0.3, -0.25) is 4.98 Å². The summed E-state index contributed by atoms with van der Waals surface area (Å²) in [5.74, 6) is 1.24. The van der Waals surface area contributed by atoms with E-state index in [1.807, 2.05) is 18.2 Å². The minimum atomic E-state index is -0.0712. The summed E-state index contributed by atoms with van der Waals surface area (Å²) in [5.41, 5.74) is 0.668. The summed E-state index contributed by atoms with van der Waals surface area (Å²) in [6.45, 7) is 3.64. The van der Waals surface area contributed by atoms with Gasteiger partial charge in [0.2, 0.25) is 11.7 Å². The van der Waals surface area contributed by atoms with E-state index in [-0.39, 0.29) is 5.41 Å². The second-order valence-corrected chi connectivity index (χ2v) is 4.81. The number of ether oxygens (including phenoxy) is 1. The lowest BCUT2D eigenvalue weighted by atomic mass is 9.82. The Hall–Kier alpha value is -1.75. The number of nitrogens with zero attached hydrogens (tertiary/aromatic N) is 3. The largest absolute Gasteiger partial charge is 0.381 e. The van der Waals surface area contributed by atoms with Crippen LogP contribution in [0.1, 0.15) is 25.7 Å². The molecule has 18 heavy (non-hydrogen) atoms. The maximum absolute atomic E-state index is 5.40. The molecule has 1 saturated heterocycles. The zero-order valence-corrected chi connectivity index (χ0v) is 10.3. The van der Waals surface area contributed by atoms with Gasteiger partial charge < -0.3 is 9.26 Å². The zero-order chi connectivity index (χ0) is 12.4. The van der Waals surface area contributed by atoms with Gasteiger partial charge in [-0.25, -0.2) is 0 Å². The van der Waals surface area contributed by atoms with E-state index in [1.165, 1.54) is 0 Å². The van der Waals surface area contributed by atoms with Gasteiger partial charge in [-0.2, -0.15) is 4.98 Å². The Balaban J connectivity index is 1.89. The lowest BCUT2D eigenvalue weighted by Gasteiger charge is -2.29.